The number of alkyl halides is 3. The summed E-state index contributed by atoms with van der Waals surface area (Å²) in [7, 11) is 0. The smallest absolute Gasteiger partial charge is 0.370 e. The summed E-state index contributed by atoms with van der Waals surface area (Å²) in [5, 5.41) is 7.88. The van der Waals surface area contributed by atoms with E-state index in [4.69, 9.17) is 11.6 Å². The molecule has 0 radical (unpaired) electrons. The van der Waals surface area contributed by atoms with Crippen LogP contribution in [0, 0.1) is 0 Å². The Labute approximate surface area is 165 Å². The van der Waals surface area contributed by atoms with Gasteiger partial charge in [-0.15, -0.1) is 0 Å². The van der Waals surface area contributed by atoms with E-state index >= 15 is 0 Å². The van der Waals surface area contributed by atoms with Crippen LogP contribution in [0.3, 0.4) is 0 Å². The predicted octanol–water partition coefficient (Wildman–Crippen LogP) is 5.28. The number of nitrogens with zero attached hydrogens (tertiary/aromatic N) is 3. The first-order valence-electron chi connectivity index (χ1n) is 9.05. The first-order valence-corrected chi connectivity index (χ1v) is 9.43. The van der Waals surface area contributed by atoms with E-state index in [1.54, 1.807) is 6.20 Å². The lowest BCUT2D eigenvalue weighted by molar-refractivity contribution is -0.137. The van der Waals surface area contributed by atoms with Crippen LogP contribution in [-0.4, -0.2) is 21.3 Å². The van der Waals surface area contributed by atoms with Gasteiger partial charge in [-0.3, -0.25) is 4.98 Å². The van der Waals surface area contributed by atoms with Gasteiger partial charge in [0.1, 0.15) is 5.82 Å². The lowest BCUT2D eigenvalue weighted by Crippen LogP contribution is -2.14. The average molecular weight is 407 g/mol. The molecular weight excluding hydrogens is 389 g/mol. The molecule has 0 aliphatic carbocycles. The summed E-state index contributed by atoms with van der Waals surface area (Å²) in [6.45, 7) is 0.691. The standard InChI is InChI=1S/C20H18ClF3N4/c21-13-7-8-18(16(11-13)20(22,23)24)28-19-15(6-2-4-10-26-19)17(27-28)12-14-5-1-3-9-25-14/h1,3,5,7-9,11,26H,2,4,6,10,12H2. The average Bonchev–Trinajstić information content (AvgIpc) is 2.84. The summed E-state index contributed by atoms with van der Waals surface area (Å²) in [6.07, 6.45) is 0.291. The third-order valence-electron chi connectivity index (χ3n) is 4.78. The monoisotopic (exact) mass is 406 g/mol. The van der Waals surface area contributed by atoms with E-state index in [2.05, 4.69) is 15.4 Å². The minimum Gasteiger partial charge on any atom is -0.370 e. The second-order valence-electron chi connectivity index (χ2n) is 6.73. The summed E-state index contributed by atoms with van der Waals surface area (Å²) in [5.74, 6) is 0.622. The molecule has 8 heteroatoms. The van der Waals surface area contributed by atoms with Crippen LogP contribution in [0.1, 0.15) is 35.4 Å². The molecule has 28 heavy (non-hydrogen) atoms. The molecule has 0 bridgehead atoms. The lowest BCUT2D eigenvalue weighted by Gasteiger charge is -2.16. The van der Waals surface area contributed by atoms with Crippen LogP contribution in [0.4, 0.5) is 19.0 Å². The fourth-order valence-corrected chi connectivity index (χ4v) is 3.66. The SMILES string of the molecule is FC(F)(F)c1cc(Cl)ccc1-n1nc(Cc2ccccn2)c2c1NCCCC2. The Bertz CT molecular complexity index is 983. The van der Waals surface area contributed by atoms with E-state index in [0.29, 0.717) is 18.8 Å². The van der Waals surface area contributed by atoms with Crippen molar-refractivity contribution in [3.63, 3.8) is 0 Å². The highest BCUT2D eigenvalue weighted by Crippen LogP contribution is 2.38. The molecule has 2 aromatic heterocycles. The minimum absolute atomic E-state index is 0.0326. The largest absolute Gasteiger partial charge is 0.418 e. The maximum absolute atomic E-state index is 13.6. The van der Waals surface area contributed by atoms with E-state index in [0.717, 1.165) is 42.3 Å². The van der Waals surface area contributed by atoms with Crippen molar-refractivity contribution in [1.82, 2.24) is 14.8 Å². The molecule has 4 nitrogen and oxygen atoms in total. The summed E-state index contributed by atoms with van der Waals surface area (Å²) >= 11 is 5.84. The van der Waals surface area contributed by atoms with Gasteiger partial charge in [0.25, 0.3) is 0 Å². The number of halogens is 4. The topological polar surface area (TPSA) is 42.7 Å². The molecule has 1 aromatic carbocycles. The fraction of sp³-hybridized carbons (Fsp3) is 0.300. The number of hydrogen-bond acceptors (Lipinski definition) is 3. The zero-order chi connectivity index (χ0) is 19.7. The summed E-state index contributed by atoms with van der Waals surface area (Å²) in [5.41, 5.74) is 1.68. The van der Waals surface area contributed by atoms with Gasteiger partial charge in [-0.05, 0) is 49.6 Å². The highest BCUT2D eigenvalue weighted by Gasteiger charge is 2.35. The summed E-state index contributed by atoms with van der Waals surface area (Å²) < 4.78 is 42.3. The van der Waals surface area contributed by atoms with Crippen molar-refractivity contribution in [1.29, 1.82) is 0 Å². The molecule has 3 heterocycles. The summed E-state index contributed by atoms with van der Waals surface area (Å²) in [4.78, 5) is 4.33. The second kappa shape index (κ2) is 7.47. The molecule has 0 fully saturated rings. The van der Waals surface area contributed by atoms with Gasteiger partial charge in [-0.1, -0.05) is 17.7 Å². The quantitative estimate of drug-likeness (QED) is 0.643. The Morgan fingerprint density at radius 1 is 1.14 bits per heavy atom. The van der Waals surface area contributed by atoms with Crippen molar-refractivity contribution in [3.05, 3.63) is 70.1 Å². The van der Waals surface area contributed by atoms with Crippen LogP contribution in [-0.2, 0) is 19.0 Å². The molecule has 4 rings (SSSR count). The first kappa shape index (κ1) is 18.8. The second-order valence-corrected chi connectivity index (χ2v) is 7.16. The third-order valence-corrected chi connectivity index (χ3v) is 5.01. The highest BCUT2D eigenvalue weighted by molar-refractivity contribution is 6.30. The predicted molar refractivity (Wildman–Crippen MR) is 102 cm³/mol. The van der Waals surface area contributed by atoms with Gasteiger partial charge in [-0.2, -0.15) is 18.3 Å². The number of nitrogens with one attached hydrogen (secondary N) is 1. The normalized spacial score (nSPS) is 14.3. The minimum atomic E-state index is -4.54. The molecule has 0 spiro atoms. The molecule has 0 saturated carbocycles. The Morgan fingerprint density at radius 2 is 2.00 bits per heavy atom. The van der Waals surface area contributed by atoms with Crippen molar-refractivity contribution >= 4 is 17.4 Å². The molecular formula is C20H18ClF3N4. The molecule has 146 valence electrons. The van der Waals surface area contributed by atoms with Gasteiger partial charge in [0.2, 0.25) is 0 Å². The number of fused-ring (bicyclic) bond motifs is 1. The molecule has 1 aliphatic heterocycles. The van der Waals surface area contributed by atoms with Gasteiger partial charge in [0.15, 0.2) is 0 Å². The molecule has 0 amide bonds. The highest BCUT2D eigenvalue weighted by atomic mass is 35.5. The van der Waals surface area contributed by atoms with Crippen LogP contribution in [0.2, 0.25) is 5.02 Å². The van der Waals surface area contributed by atoms with Crippen LogP contribution in [0.5, 0.6) is 0 Å². The fourth-order valence-electron chi connectivity index (χ4n) is 3.48. The number of benzene rings is 1. The van der Waals surface area contributed by atoms with E-state index in [9.17, 15) is 13.2 Å². The zero-order valence-corrected chi connectivity index (χ0v) is 15.7. The van der Waals surface area contributed by atoms with Crippen molar-refractivity contribution in [2.45, 2.75) is 31.9 Å². The van der Waals surface area contributed by atoms with Crippen LogP contribution >= 0.6 is 11.6 Å². The van der Waals surface area contributed by atoms with E-state index in [-0.39, 0.29) is 10.7 Å². The number of anilines is 1. The number of rotatable bonds is 3. The first-order chi connectivity index (χ1) is 13.4. The Morgan fingerprint density at radius 3 is 2.75 bits per heavy atom. The lowest BCUT2D eigenvalue weighted by atomic mass is 10.1. The van der Waals surface area contributed by atoms with Gasteiger partial charge >= 0.3 is 6.18 Å². The van der Waals surface area contributed by atoms with Gasteiger partial charge in [-0.25, -0.2) is 4.68 Å². The molecule has 0 saturated heterocycles. The zero-order valence-electron chi connectivity index (χ0n) is 14.9. The third kappa shape index (κ3) is 3.71. The van der Waals surface area contributed by atoms with Crippen molar-refractivity contribution in [2.24, 2.45) is 0 Å². The molecule has 0 atom stereocenters. The molecule has 3 aromatic rings. The van der Waals surface area contributed by atoms with Crippen LogP contribution in [0.25, 0.3) is 5.69 Å². The Hall–Kier alpha value is -2.54. The van der Waals surface area contributed by atoms with Crippen LogP contribution in [0.15, 0.2) is 42.6 Å². The maximum atomic E-state index is 13.6. The van der Waals surface area contributed by atoms with Crippen LogP contribution < -0.4 is 5.32 Å². The molecule has 0 unspecified atom stereocenters. The summed E-state index contributed by atoms with van der Waals surface area (Å²) in [6, 6.07) is 9.37. The van der Waals surface area contributed by atoms with E-state index < -0.39 is 11.7 Å². The number of pyridine rings is 1. The van der Waals surface area contributed by atoms with E-state index in [1.807, 2.05) is 18.2 Å². The van der Waals surface area contributed by atoms with Crippen molar-refractivity contribution < 1.29 is 13.2 Å². The van der Waals surface area contributed by atoms with Gasteiger partial charge in [0, 0.05) is 35.4 Å². The van der Waals surface area contributed by atoms with E-state index in [1.165, 1.54) is 16.8 Å². The van der Waals surface area contributed by atoms with Gasteiger partial charge in [0.05, 0.1) is 16.9 Å². The Balaban J connectivity index is 1.87. The Kier molecular flexibility index (Phi) is 5.02. The molecule has 1 aliphatic rings. The molecule has 1 N–H and O–H groups in total. The maximum Gasteiger partial charge on any atom is 0.418 e. The van der Waals surface area contributed by atoms with Crippen molar-refractivity contribution in [3.8, 4) is 5.69 Å². The number of aromatic nitrogens is 3. The number of hydrogen-bond donors (Lipinski definition) is 1. The van der Waals surface area contributed by atoms with Crippen molar-refractivity contribution in [2.75, 3.05) is 11.9 Å². The van der Waals surface area contributed by atoms with Gasteiger partial charge < -0.3 is 5.32 Å².